The van der Waals surface area contributed by atoms with E-state index in [1.54, 1.807) is 7.11 Å². The largest absolute Gasteiger partial charge is 0.395 e. The summed E-state index contributed by atoms with van der Waals surface area (Å²) >= 11 is 0. The summed E-state index contributed by atoms with van der Waals surface area (Å²) in [6.45, 7) is 2.11. The van der Waals surface area contributed by atoms with Crippen molar-refractivity contribution in [1.82, 2.24) is 5.32 Å². The van der Waals surface area contributed by atoms with Crippen LogP contribution in [0, 0.1) is 17.7 Å². The molecule has 0 aliphatic rings. The summed E-state index contributed by atoms with van der Waals surface area (Å²) in [7, 11) is 1.56. The van der Waals surface area contributed by atoms with Crippen molar-refractivity contribution in [3.8, 4) is 11.8 Å². The van der Waals surface area contributed by atoms with E-state index >= 15 is 0 Å². The number of hydrogen-bond donors (Lipinski definition) is 2. The molecule has 20 heavy (non-hydrogen) atoms. The highest BCUT2D eigenvalue weighted by atomic mass is 19.1. The molecule has 1 atom stereocenters. The summed E-state index contributed by atoms with van der Waals surface area (Å²) < 4.78 is 18.3. The van der Waals surface area contributed by atoms with Gasteiger partial charge in [-0.15, -0.1) is 0 Å². The van der Waals surface area contributed by atoms with Gasteiger partial charge in [0.05, 0.1) is 18.3 Å². The minimum atomic E-state index is -0.458. The van der Waals surface area contributed by atoms with Gasteiger partial charge in [-0.05, 0) is 25.1 Å². The number of rotatable bonds is 5. The zero-order valence-electron chi connectivity index (χ0n) is 11.6. The van der Waals surface area contributed by atoms with Crippen molar-refractivity contribution in [2.24, 2.45) is 0 Å². The van der Waals surface area contributed by atoms with E-state index in [0.717, 1.165) is 0 Å². The molecule has 108 valence electrons. The van der Waals surface area contributed by atoms with Gasteiger partial charge in [0.25, 0.3) is 5.91 Å². The van der Waals surface area contributed by atoms with Gasteiger partial charge in [0.15, 0.2) is 0 Å². The topological polar surface area (TPSA) is 58.6 Å². The molecule has 2 N–H and O–H groups in total. The first-order valence-electron chi connectivity index (χ1n) is 6.28. The Morgan fingerprint density at radius 3 is 2.95 bits per heavy atom. The number of aliphatic hydroxyl groups excluding tert-OH is 1. The van der Waals surface area contributed by atoms with Crippen molar-refractivity contribution < 1.29 is 19.0 Å². The number of nitrogens with one attached hydrogen (secondary N) is 1. The number of carbonyl (C=O) groups excluding carboxylic acids is 1. The molecule has 0 heterocycles. The lowest BCUT2D eigenvalue weighted by Gasteiger charge is -2.11. The van der Waals surface area contributed by atoms with Crippen LogP contribution in [0.15, 0.2) is 18.2 Å². The number of amides is 1. The highest BCUT2D eigenvalue weighted by molar-refractivity contribution is 5.96. The van der Waals surface area contributed by atoms with E-state index < -0.39 is 5.82 Å². The summed E-state index contributed by atoms with van der Waals surface area (Å²) in [5.74, 6) is 4.58. The fourth-order valence-electron chi connectivity index (χ4n) is 1.45. The first-order valence-corrected chi connectivity index (χ1v) is 6.28. The molecule has 1 rings (SSSR count). The second-order valence-electron chi connectivity index (χ2n) is 4.22. The van der Waals surface area contributed by atoms with Crippen molar-refractivity contribution in [2.75, 3.05) is 20.3 Å². The first-order chi connectivity index (χ1) is 9.58. The Morgan fingerprint density at radius 2 is 2.30 bits per heavy atom. The molecule has 0 saturated carbocycles. The van der Waals surface area contributed by atoms with Gasteiger partial charge in [0, 0.05) is 25.6 Å². The van der Waals surface area contributed by atoms with Crippen molar-refractivity contribution in [2.45, 2.75) is 19.4 Å². The van der Waals surface area contributed by atoms with Crippen LogP contribution in [-0.4, -0.2) is 37.4 Å². The number of halogens is 1. The number of aliphatic hydroxyl groups is 1. The van der Waals surface area contributed by atoms with E-state index in [4.69, 9.17) is 9.84 Å². The molecule has 0 bridgehead atoms. The van der Waals surface area contributed by atoms with Crippen molar-refractivity contribution in [3.05, 3.63) is 35.1 Å². The molecule has 0 aliphatic heterocycles. The van der Waals surface area contributed by atoms with E-state index in [0.29, 0.717) is 17.7 Å². The summed E-state index contributed by atoms with van der Waals surface area (Å²) in [6, 6.07) is 3.82. The summed E-state index contributed by atoms with van der Waals surface area (Å²) in [6.07, 6.45) is 0.168. The Labute approximate surface area is 117 Å². The van der Waals surface area contributed by atoms with Crippen molar-refractivity contribution >= 4 is 5.91 Å². The Kier molecular flexibility index (Phi) is 6.71. The van der Waals surface area contributed by atoms with Crippen LogP contribution in [0.25, 0.3) is 0 Å². The Hall–Kier alpha value is -1.90. The fraction of sp³-hybridized carbons (Fsp3) is 0.400. The maximum absolute atomic E-state index is 13.2. The average Bonchev–Trinajstić information content (AvgIpc) is 2.44. The van der Waals surface area contributed by atoms with Crippen LogP contribution in [0.3, 0.4) is 0 Å². The maximum atomic E-state index is 13.2. The molecule has 1 aromatic carbocycles. The molecule has 4 nitrogen and oxygen atoms in total. The molecule has 1 amide bonds. The van der Waals surface area contributed by atoms with Crippen molar-refractivity contribution in [1.29, 1.82) is 0 Å². The lowest BCUT2D eigenvalue weighted by molar-refractivity contribution is 0.0870. The fourth-order valence-corrected chi connectivity index (χ4v) is 1.45. The zero-order chi connectivity index (χ0) is 15.0. The van der Waals surface area contributed by atoms with Crippen LogP contribution in [0.2, 0.25) is 0 Å². The lowest BCUT2D eigenvalue weighted by atomic mass is 10.1. The Morgan fingerprint density at radius 1 is 1.55 bits per heavy atom. The van der Waals surface area contributed by atoms with Gasteiger partial charge in [0.1, 0.15) is 5.82 Å². The molecule has 0 radical (unpaired) electrons. The highest BCUT2D eigenvalue weighted by Gasteiger charge is 2.12. The van der Waals surface area contributed by atoms with Gasteiger partial charge >= 0.3 is 0 Å². The molecule has 0 aliphatic carbocycles. The number of methoxy groups -OCH3 is 1. The molecule has 0 aromatic heterocycles. The molecule has 1 aromatic rings. The van der Waals surface area contributed by atoms with Gasteiger partial charge < -0.3 is 15.2 Å². The predicted octanol–water partition coefficient (Wildman–Crippen LogP) is 1.32. The summed E-state index contributed by atoms with van der Waals surface area (Å²) in [5.41, 5.74) is 0.612. The van der Waals surface area contributed by atoms with E-state index in [1.165, 1.54) is 18.2 Å². The molecule has 5 heteroatoms. The lowest BCUT2D eigenvalue weighted by Crippen LogP contribution is -2.32. The van der Waals surface area contributed by atoms with E-state index in [9.17, 15) is 9.18 Å². The Balaban J connectivity index is 2.88. The summed E-state index contributed by atoms with van der Waals surface area (Å²) in [4.78, 5) is 12.0. The van der Waals surface area contributed by atoms with E-state index in [2.05, 4.69) is 17.2 Å². The minimum Gasteiger partial charge on any atom is -0.395 e. The second kappa shape index (κ2) is 8.31. The normalized spacial score (nSPS) is 11.4. The smallest absolute Gasteiger partial charge is 0.252 e. The third-order valence-corrected chi connectivity index (χ3v) is 2.64. The average molecular weight is 279 g/mol. The molecule has 0 saturated heterocycles. The number of benzene rings is 1. The third-order valence-electron chi connectivity index (χ3n) is 2.64. The maximum Gasteiger partial charge on any atom is 0.252 e. The molecule has 0 spiro atoms. The standard InChI is InChI=1S/C15H18FNO3/c1-11(20-2)10-17-15(19)14-7-6-13(16)9-12(14)5-3-4-8-18/h6-7,9,11,18H,4,8,10H2,1-2H3,(H,17,19). The predicted molar refractivity (Wildman–Crippen MR) is 73.8 cm³/mol. The van der Waals surface area contributed by atoms with Crippen LogP contribution in [0.1, 0.15) is 29.3 Å². The van der Waals surface area contributed by atoms with Crippen LogP contribution in [-0.2, 0) is 4.74 Å². The molecular weight excluding hydrogens is 261 g/mol. The number of ether oxygens (including phenoxy) is 1. The summed E-state index contributed by atoms with van der Waals surface area (Å²) in [5, 5.41) is 11.4. The van der Waals surface area contributed by atoms with Gasteiger partial charge in [-0.2, -0.15) is 0 Å². The zero-order valence-corrected chi connectivity index (χ0v) is 11.6. The minimum absolute atomic E-state index is 0.0742. The Bertz CT molecular complexity index is 520. The van der Waals surface area contributed by atoms with Crippen LogP contribution >= 0.6 is 0 Å². The number of hydrogen-bond acceptors (Lipinski definition) is 3. The third kappa shape index (κ3) is 5.00. The molecule has 1 unspecified atom stereocenters. The van der Waals surface area contributed by atoms with E-state index in [1.807, 2.05) is 6.92 Å². The SMILES string of the molecule is COC(C)CNC(=O)c1ccc(F)cc1C#CCCO. The van der Waals surface area contributed by atoms with Gasteiger partial charge in [-0.3, -0.25) is 4.79 Å². The van der Waals surface area contributed by atoms with Crippen molar-refractivity contribution in [3.63, 3.8) is 0 Å². The first kappa shape index (κ1) is 16.2. The monoisotopic (exact) mass is 279 g/mol. The highest BCUT2D eigenvalue weighted by Crippen LogP contribution is 2.10. The van der Waals surface area contributed by atoms with Gasteiger partial charge in [-0.1, -0.05) is 11.8 Å². The molecule has 0 fully saturated rings. The van der Waals surface area contributed by atoms with Gasteiger partial charge in [-0.25, -0.2) is 4.39 Å². The van der Waals surface area contributed by atoms with Crippen LogP contribution < -0.4 is 5.32 Å². The van der Waals surface area contributed by atoms with Gasteiger partial charge in [0.2, 0.25) is 0 Å². The number of carbonyl (C=O) groups is 1. The second-order valence-corrected chi connectivity index (χ2v) is 4.22. The molecular formula is C15H18FNO3. The quantitative estimate of drug-likeness (QED) is 0.799. The van der Waals surface area contributed by atoms with E-state index in [-0.39, 0.29) is 25.0 Å². The van der Waals surface area contributed by atoms with Crippen LogP contribution in [0.5, 0.6) is 0 Å². The van der Waals surface area contributed by atoms with Crippen LogP contribution in [0.4, 0.5) is 4.39 Å².